The number of aromatic nitrogens is 1. The van der Waals surface area contributed by atoms with Gasteiger partial charge in [-0.25, -0.2) is 4.98 Å². The number of nitrogens with zero attached hydrogens (tertiary/aromatic N) is 1. The zero-order chi connectivity index (χ0) is 13.8. The summed E-state index contributed by atoms with van der Waals surface area (Å²) >= 11 is 13.9. The molecule has 1 heterocycles. The lowest BCUT2D eigenvalue weighted by molar-refractivity contribution is 0.536. The van der Waals surface area contributed by atoms with E-state index in [1.165, 1.54) is 0 Å². The molecule has 1 aromatic carbocycles. The summed E-state index contributed by atoms with van der Waals surface area (Å²) in [5.41, 5.74) is 1.03. The zero-order valence-corrected chi connectivity index (χ0v) is 13.2. The molecule has 0 spiro atoms. The van der Waals surface area contributed by atoms with E-state index < -0.39 is 0 Å². The van der Waals surface area contributed by atoms with Crippen LogP contribution >= 0.6 is 34.5 Å². The first-order valence-corrected chi connectivity index (χ1v) is 7.79. The molecule has 2 atom stereocenters. The summed E-state index contributed by atoms with van der Waals surface area (Å²) in [5, 5.41) is 8.08. The Balaban J connectivity index is 1.97. The Kier molecular flexibility index (Phi) is 5.22. The fraction of sp³-hybridized carbons (Fsp3) is 0.357. The maximum atomic E-state index is 6.20. The van der Waals surface area contributed by atoms with Crippen LogP contribution in [0.5, 0.6) is 0 Å². The van der Waals surface area contributed by atoms with Gasteiger partial charge in [0, 0.05) is 40.1 Å². The Morgan fingerprint density at radius 3 is 2.79 bits per heavy atom. The molecule has 19 heavy (non-hydrogen) atoms. The Labute approximate surface area is 127 Å². The second-order valence-corrected chi connectivity index (χ2v) is 6.34. The average molecular weight is 315 g/mol. The molecule has 0 saturated heterocycles. The first-order chi connectivity index (χ1) is 9.08. The van der Waals surface area contributed by atoms with Gasteiger partial charge in [-0.1, -0.05) is 30.1 Å². The van der Waals surface area contributed by atoms with Crippen LogP contribution in [0.15, 0.2) is 29.8 Å². The second-order valence-electron chi connectivity index (χ2n) is 4.57. The molecule has 1 aromatic heterocycles. The third kappa shape index (κ3) is 3.93. The normalized spacial score (nSPS) is 14.3. The minimum absolute atomic E-state index is 0.161. The van der Waals surface area contributed by atoms with E-state index in [1.54, 1.807) is 17.4 Å². The summed E-state index contributed by atoms with van der Waals surface area (Å²) in [6.45, 7) is 5.11. The second kappa shape index (κ2) is 6.71. The van der Waals surface area contributed by atoms with Crippen LogP contribution in [0.25, 0.3) is 0 Å². The highest BCUT2D eigenvalue weighted by Crippen LogP contribution is 2.26. The molecule has 102 valence electrons. The SMILES string of the molecule is CC(CNC(C)c1cc(Cl)ccc1Cl)c1nccs1. The van der Waals surface area contributed by atoms with Gasteiger partial charge in [-0.05, 0) is 30.7 Å². The number of hydrogen-bond donors (Lipinski definition) is 1. The molecule has 0 bridgehead atoms. The van der Waals surface area contributed by atoms with Crippen LogP contribution < -0.4 is 5.32 Å². The average Bonchev–Trinajstić information content (AvgIpc) is 2.92. The van der Waals surface area contributed by atoms with Crippen molar-refractivity contribution in [1.29, 1.82) is 0 Å². The van der Waals surface area contributed by atoms with Gasteiger partial charge in [-0.3, -0.25) is 0 Å². The van der Waals surface area contributed by atoms with Crippen molar-refractivity contribution in [3.63, 3.8) is 0 Å². The van der Waals surface area contributed by atoms with E-state index in [1.807, 2.05) is 23.7 Å². The number of hydrogen-bond acceptors (Lipinski definition) is 3. The van der Waals surface area contributed by atoms with Gasteiger partial charge < -0.3 is 5.32 Å². The molecule has 0 aliphatic carbocycles. The summed E-state index contributed by atoms with van der Waals surface area (Å²) in [7, 11) is 0. The highest BCUT2D eigenvalue weighted by molar-refractivity contribution is 7.09. The van der Waals surface area contributed by atoms with Crippen LogP contribution in [0.3, 0.4) is 0 Å². The molecule has 1 N–H and O–H groups in total. The summed E-state index contributed by atoms with van der Waals surface area (Å²) in [6, 6.07) is 5.71. The predicted octanol–water partition coefficient (Wildman–Crippen LogP) is 4.90. The number of rotatable bonds is 5. The van der Waals surface area contributed by atoms with Crippen molar-refractivity contribution in [1.82, 2.24) is 10.3 Å². The van der Waals surface area contributed by atoms with Crippen molar-refractivity contribution in [2.24, 2.45) is 0 Å². The van der Waals surface area contributed by atoms with Crippen LogP contribution in [0.1, 0.15) is 36.4 Å². The lowest BCUT2D eigenvalue weighted by atomic mass is 10.1. The molecule has 0 aliphatic rings. The van der Waals surface area contributed by atoms with Crippen molar-refractivity contribution in [2.75, 3.05) is 6.54 Å². The van der Waals surface area contributed by atoms with Gasteiger partial charge in [0.2, 0.25) is 0 Å². The largest absolute Gasteiger partial charge is 0.309 e. The summed E-state index contributed by atoms with van der Waals surface area (Å²) in [6.07, 6.45) is 1.84. The number of benzene rings is 1. The van der Waals surface area contributed by atoms with Gasteiger partial charge in [0.05, 0.1) is 5.01 Å². The third-order valence-electron chi connectivity index (χ3n) is 3.03. The van der Waals surface area contributed by atoms with Crippen molar-refractivity contribution in [3.05, 3.63) is 50.4 Å². The van der Waals surface area contributed by atoms with E-state index in [4.69, 9.17) is 23.2 Å². The topological polar surface area (TPSA) is 24.9 Å². The third-order valence-corrected chi connectivity index (χ3v) is 4.61. The van der Waals surface area contributed by atoms with E-state index in [0.717, 1.165) is 22.1 Å². The first kappa shape index (κ1) is 14.8. The van der Waals surface area contributed by atoms with Crippen LogP contribution in [0.4, 0.5) is 0 Å². The summed E-state index contributed by atoms with van der Waals surface area (Å²) < 4.78 is 0. The fourth-order valence-corrected chi connectivity index (χ4v) is 3.04. The number of thiazole rings is 1. The molecule has 2 nitrogen and oxygen atoms in total. The summed E-state index contributed by atoms with van der Waals surface area (Å²) in [4.78, 5) is 4.33. The Morgan fingerprint density at radius 1 is 1.32 bits per heavy atom. The van der Waals surface area contributed by atoms with Crippen molar-refractivity contribution in [2.45, 2.75) is 25.8 Å². The standard InChI is InChI=1S/C14H16Cl2N2S/c1-9(14-17-5-6-19-14)8-18-10(2)12-7-11(15)3-4-13(12)16/h3-7,9-10,18H,8H2,1-2H3. The van der Waals surface area contributed by atoms with Gasteiger partial charge in [0.1, 0.15) is 0 Å². The highest BCUT2D eigenvalue weighted by Gasteiger charge is 2.13. The van der Waals surface area contributed by atoms with Gasteiger partial charge in [0.25, 0.3) is 0 Å². The molecule has 0 radical (unpaired) electrons. The van der Waals surface area contributed by atoms with Gasteiger partial charge in [-0.2, -0.15) is 0 Å². The van der Waals surface area contributed by atoms with Crippen molar-refractivity contribution < 1.29 is 0 Å². The monoisotopic (exact) mass is 314 g/mol. The minimum atomic E-state index is 0.161. The first-order valence-electron chi connectivity index (χ1n) is 6.15. The lowest BCUT2D eigenvalue weighted by Gasteiger charge is -2.18. The molecule has 2 rings (SSSR count). The molecular weight excluding hydrogens is 299 g/mol. The van der Waals surface area contributed by atoms with E-state index in [2.05, 4.69) is 24.1 Å². The molecule has 2 unspecified atom stereocenters. The maximum Gasteiger partial charge on any atom is 0.0965 e. The zero-order valence-electron chi connectivity index (χ0n) is 10.9. The smallest absolute Gasteiger partial charge is 0.0965 e. The van der Waals surface area contributed by atoms with E-state index >= 15 is 0 Å². The van der Waals surface area contributed by atoms with E-state index in [-0.39, 0.29) is 6.04 Å². The summed E-state index contributed by atoms with van der Waals surface area (Å²) in [5.74, 6) is 0.389. The molecule has 0 fully saturated rings. The molecular formula is C14H16Cl2N2S. The molecule has 0 aliphatic heterocycles. The van der Waals surface area contributed by atoms with Crippen LogP contribution in [0, 0.1) is 0 Å². The van der Waals surface area contributed by atoms with Gasteiger partial charge >= 0.3 is 0 Å². The molecule has 5 heteroatoms. The molecule has 0 amide bonds. The highest BCUT2D eigenvalue weighted by atomic mass is 35.5. The lowest BCUT2D eigenvalue weighted by Crippen LogP contribution is -2.23. The van der Waals surface area contributed by atoms with Crippen LogP contribution in [0.2, 0.25) is 10.0 Å². The quantitative estimate of drug-likeness (QED) is 0.848. The van der Waals surface area contributed by atoms with E-state index in [9.17, 15) is 0 Å². The predicted molar refractivity (Wildman–Crippen MR) is 83.4 cm³/mol. The molecule has 0 saturated carbocycles. The molecule has 2 aromatic rings. The fourth-order valence-electron chi connectivity index (χ4n) is 1.88. The Bertz CT molecular complexity index is 528. The van der Waals surface area contributed by atoms with Crippen LogP contribution in [-0.2, 0) is 0 Å². The van der Waals surface area contributed by atoms with E-state index in [0.29, 0.717) is 10.9 Å². The number of halogens is 2. The van der Waals surface area contributed by atoms with Gasteiger partial charge in [-0.15, -0.1) is 11.3 Å². The van der Waals surface area contributed by atoms with Crippen molar-refractivity contribution in [3.8, 4) is 0 Å². The minimum Gasteiger partial charge on any atom is -0.309 e. The Hall–Kier alpha value is -0.610. The number of nitrogens with one attached hydrogen (secondary N) is 1. The maximum absolute atomic E-state index is 6.20. The Morgan fingerprint density at radius 2 is 2.11 bits per heavy atom. The van der Waals surface area contributed by atoms with Crippen molar-refractivity contribution >= 4 is 34.5 Å². The van der Waals surface area contributed by atoms with Gasteiger partial charge in [0.15, 0.2) is 0 Å². The van der Waals surface area contributed by atoms with Crippen LogP contribution in [-0.4, -0.2) is 11.5 Å².